The normalized spacial score (nSPS) is 11.6. The Bertz CT molecular complexity index is 745. The maximum atomic E-state index is 12.1. The molecule has 2 rings (SSSR count). The van der Waals surface area contributed by atoms with Crippen molar-refractivity contribution in [2.45, 2.75) is 20.0 Å². The molecule has 0 aliphatic rings. The summed E-state index contributed by atoms with van der Waals surface area (Å²) in [5.41, 5.74) is 6.26. The molecule has 0 aliphatic heterocycles. The van der Waals surface area contributed by atoms with E-state index in [0.717, 1.165) is 5.56 Å². The molecule has 0 aliphatic carbocycles. The third-order valence-corrected chi connectivity index (χ3v) is 3.34. The van der Waals surface area contributed by atoms with E-state index in [1.165, 1.54) is 12.1 Å². The van der Waals surface area contributed by atoms with Crippen molar-refractivity contribution in [3.8, 4) is 11.5 Å². The lowest BCUT2D eigenvalue weighted by Crippen LogP contribution is -2.28. The van der Waals surface area contributed by atoms with Gasteiger partial charge in [-0.25, -0.2) is 4.79 Å². The van der Waals surface area contributed by atoms with Gasteiger partial charge in [0.15, 0.2) is 6.10 Å². The number of rotatable bonds is 5. The van der Waals surface area contributed by atoms with Crippen LogP contribution in [0.3, 0.4) is 0 Å². The molecule has 0 bridgehead atoms. The summed E-state index contributed by atoms with van der Waals surface area (Å²) in [6.45, 7) is 3.41. The molecule has 2 aromatic rings. The average Bonchev–Trinajstić information content (AvgIpc) is 2.50. The second kappa shape index (κ2) is 7.15. The molecule has 0 aromatic heterocycles. The minimum absolute atomic E-state index is 0.231. The molecule has 120 valence electrons. The van der Waals surface area contributed by atoms with E-state index >= 15 is 0 Å². The Balaban J connectivity index is 2.05. The van der Waals surface area contributed by atoms with Gasteiger partial charge in [0, 0.05) is 10.6 Å². The van der Waals surface area contributed by atoms with Crippen LogP contribution in [0.1, 0.15) is 22.8 Å². The number of aryl methyl sites for hydroxylation is 1. The predicted molar refractivity (Wildman–Crippen MR) is 86.9 cm³/mol. The van der Waals surface area contributed by atoms with Crippen LogP contribution in [-0.4, -0.2) is 18.0 Å². The highest BCUT2D eigenvalue weighted by atomic mass is 35.5. The van der Waals surface area contributed by atoms with Gasteiger partial charge in [-0.1, -0.05) is 17.7 Å². The molecule has 6 heteroatoms. The molecule has 0 unspecified atom stereocenters. The van der Waals surface area contributed by atoms with Crippen molar-refractivity contribution < 1.29 is 19.1 Å². The van der Waals surface area contributed by atoms with Crippen molar-refractivity contribution in [3.63, 3.8) is 0 Å². The van der Waals surface area contributed by atoms with Crippen molar-refractivity contribution in [2.24, 2.45) is 5.73 Å². The summed E-state index contributed by atoms with van der Waals surface area (Å²) in [5, 5.41) is 0.591. The summed E-state index contributed by atoms with van der Waals surface area (Å²) in [4.78, 5) is 23.2. The number of esters is 1. The minimum atomic E-state index is -0.827. The molecule has 1 atom stereocenters. The largest absolute Gasteiger partial charge is 0.479 e. The van der Waals surface area contributed by atoms with Gasteiger partial charge in [0.25, 0.3) is 0 Å². The van der Waals surface area contributed by atoms with E-state index in [9.17, 15) is 9.59 Å². The van der Waals surface area contributed by atoms with Crippen molar-refractivity contribution in [2.75, 3.05) is 0 Å². The summed E-state index contributed by atoms with van der Waals surface area (Å²) in [6, 6.07) is 11.2. The first-order valence-electron chi connectivity index (χ1n) is 6.91. The first-order chi connectivity index (χ1) is 10.9. The van der Waals surface area contributed by atoms with Crippen LogP contribution < -0.4 is 15.2 Å². The highest BCUT2D eigenvalue weighted by Crippen LogP contribution is 2.23. The Morgan fingerprint density at radius 3 is 2.57 bits per heavy atom. The van der Waals surface area contributed by atoms with Crippen LogP contribution in [0.25, 0.3) is 0 Å². The minimum Gasteiger partial charge on any atom is -0.479 e. The van der Waals surface area contributed by atoms with Gasteiger partial charge < -0.3 is 15.2 Å². The van der Waals surface area contributed by atoms with Crippen LogP contribution in [0, 0.1) is 6.92 Å². The molecule has 0 heterocycles. The van der Waals surface area contributed by atoms with Gasteiger partial charge in [-0.05, 0) is 55.8 Å². The highest BCUT2D eigenvalue weighted by Gasteiger charge is 2.18. The lowest BCUT2D eigenvalue weighted by Gasteiger charge is -2.15. The van der Waals surface area contributed by atoms with Crippen LogP contribution >= 0.6 is 11.6 Å². The number of halogens is 1. The first kappa shape index (κ1) is 16.8. The molecular weight excluding hydrogens is 318 g/mol. The number of ether oxygens (including phenoxy) is 2. The zero-order valence-electron chi connectivity index (χ0n) is 12.7. The Kier molecular flexibility index (Phi) is 5.24. The van der Waals surface area contributed by atoms with Gasteiger partial charge >= 0.3 is 5.97 Å². The molecule has 5 nitrogen and oxygen atoms in total. The summed E-state index contributed by atoms with van der Waals surface area (Å²) in [6.07, 6.45) is -0.827. The number of nitrogens with two attached hydrogens (primary N) is 1. The Hall–Kier alpha value is -2.53. The molecule has 2 aromatic carbocycles. The van der Waals surface area contributed by atoms with Crippen molar-refractivity contribution >= 4 is 23.5 Å². The van der Waals surface area contributed by atoms with E-state index in [1.54, 1.807) is 37.3 Å². The smallest absolute Gasteiger partial charge is 0.352 e. The molecular formula is C17H16ClNO4. The van der Waals surface area contributed by atoms with Gasteiger partial charge in [-0.2, -0.15) is 0 Å². The quantitative estimate of drug-likeness (QED) is 0.673. The van der Waals surface area contributed by atoms with E-state index < -0.39 is 18.0 Å². The molecule has 1 amide bonds. The topological polar surface area (TPSA) is 78.6 Å². The highest BCUT2D eigenvalue weighted by molar-refractivity contribution is 6.30. The molecule has 0 radical (unpaired) electrons. The molecule has 0 saturated heterocycles. The lowest BCUT2D eigenvalue weighted by molar-refractivity contribution is -0.141. The number of hydrogen-bond acceptors (Lipinski definition) is 4. The lowest BCUT2D eigenvalue weighted by atomic mass is 10.2. The van der Waals surface area contributed by atoms with E-state index in [0.29, 0.717) is 10.8 Å². The number of amides is 1. The monoisotopic (exact) mass is 333 g/mol. The van der Waals surface area contributed by atoms with E-state index in [4.69, 9.17) is 26.8 Å². The van der Waals surface area contributed by atoms with E-state index in [1.807, 2.05) is 6.92 Å². The van der Waals surface area contributed by atoms with Gasteiger partial charge in [0.05, 0.1) is 0 Å². The van der Waals surface area contributed by atoms with Gasteiger partial charge in [0.2, 0.25) is 5.91 Å². The molecule has 0 saturated carbocycles. The molecule has 23 heavy (non-hydrogen) atoms. The van der Waals surface area contributed by atoms with Crippen LogP contribution in [-0.2, 0) is 4.79 Å². The molecule has 0 fully saturated rings. The summed E-state index contributed by atoms with van der Waals surface area (Å²) in [5.74, 6) is -0.399. The number of hydrogen-bond donors (Lipinski definition) is 1. The Morgan fingerprint density at radius 2 is 1.91 bits per heavy atom. The standard InChI is InChI=1S/C17H16ClNO4/c1-10-8-13(18)6-7-15(10)22-11(2)17(21)23-14-5-3-4-12(9-14)16(19)20/h3-9,11H,1-2H3,(H2,19,20)/t11-/m1/s1. The average molecular weight is 334 g/mol. The van der Waals surface area contributed by atoms with Gasteiger partial charge in [0.1, 0.15) is 11.5 Å². The van der Waals surface area contributed by atoms with Gasteiger partial charge in [-0.3, -0.25) is 4.79 Å². The maximum absolute atomic E-state index is 12.1. The molecule has 2 N–H and O–H groups in total. The van der Waals surface area contributed by atoms with Crippen LogP contribution in [0.2, 0.25) is 5.02 Å². The third kappa shape index (κ3) is 4.47. The predicted octanol–water partition coefficient (Wildman–Crippen LogP) is 3.12. The van der Waals surface area contributed by atoms with E-state index in [-0.39, 0.29) is 11.3 Å². The second-order valence-corrected chi connectivity index (χ2v) is 5.42. The molecule has 0 spiro atoms. The fraction of sp³-hybridized carbons (Fsp3) is 0.176. The van der Waals surface area contributed by atoms with E-state index in [2.05, 4.69) is 0 Å². The maximum Gasteiger partial charge on any atom is 0.352 e. The SMILES string of the molecule is Cc1cc(Cl)ccc1O[C@H](C)C(=O)Oc1cccc(C(N)=O)c1. The van der Waals surface area contributed by atoms with Crippen LogP contribution in [0.5, 0.6) is 11.5 Å². The fourth-order valence-corrected chi connectivity index (χ4v) is 2.12. The fourth-order valence-electron chi connectivity index (χ4n) is 1.90. The third-order valence-electron chi connectivity index (χ3n) is 3.11. The number of carbonyl (C=O) groups is 2. The van der Waals surface area contributed by atoms with Crippen molar-refractivity contribution in [3.05, 3.63) is 58.6 Å². The van der Waals surface area contributed by atoms with Crippen molar-refractivity contribution in [1.82, 2.24) is 0 Å². The zero-order valence-corrected chi connectivity index (χ0v) is 13.5. The summed E-state index contributed by atoms with van der Waals surface area (Å²) < 4.78 is 10.8. The van der Waals surface area contributed by atoms with Crippen LogP contribution in [0.4, 0.5) is 0 Å². The number of primary amides is 1. The summed E-state index contributed by atoms with van der Waals surface area (Å²) in [7, 11) is 0. The second-order valence-electron chi connectivity index (χ2n) is 4.98. The number of carbonyl (C=O) groups excluding carboxylic acids is 2. The van der Waals surface area contributed by atoms with Crippen molar-refractivity contribution in [1.29, 1.82) is 0 Å². The first-order valence-corrected chi connectivity index (χ1v) is 7.29. The summed E-state index contributed by atoms with van der Waals surface area (Å²) >= 11 is 5.88. The zero-order chi connectivity index (χ0) is 17.0. The van der Waals surface area contributed by atoms with Gasteiger partial charge in [-0.15, -0.1) is 0 Å². The Labute approximate surface area is 139 Å². The van der Waals surface area contributed by atoms with Crippen LogP contribution in [0.15, 0.2) is 42.5 Å². The number of benzene rings is 2. The Morgan fingerprint density at radius 1 is 1.17 bits per heavy atom.